The average Bonchev–Trinajstić information content (AvgIpc) is 3.33. The number of nitrogens with one attached hydrogen (secondary N) is 4. The number of aromatic nitrogens is 2. The SMILES string of the molecule is CCN(CCC(=O)Nc1ccc2[nH]c(=S)oc2c1)CCC(=O)Nc1ccc2[nH]c(=S)oc2c1. The van der Waals surface area contributed by atoms with Gasteiger partial charge in [-0.3, -0.25) is 9.59 Å². The minimum atomic E-state index is -0.115. The van der Waals surface area contributed by atoms with Gasteiger partial charge in [-0.15, -0.1) is 0 Å². The molecule has 0 bridgehead atoms. The largest absolute Gasteiger partial charge is 0.429 e. The first-order chi connectivity index (χ1) is 15.9. The van der Waals surface area contributed by atoms with Crippen LogP contribution in [0.2, 0.25) is 0 Å². The van der Waals surface area contributed by atoms with Crippen molar-refractivity contribution in [3.63, 3.8) is 0 Å². The molecule has 0 aliphatic carbocycles. The second kappa shape index (κ2) is 10.1. The van der Waals surface area contributed by atoms with Gasteiger partial charge in [-0.25, -0.2) is 0 Å². The van der Waals surface area contributed by atoms with Gasteiger partial charge in [0.1, 0.15) is 0 Å². The number of anilines is 2. The van der Waals surface area contributed by atoms with Gasteiger partial charge in [0.2, 0.25) is 11.8 Å². The Morgan fingerprint density at radius 2 is 1.30 bits per heavy atom. The van der Waals surface area contributed by atoms with Gasteiger partial charge in [0.25, 0.3) is 9.67 Å². The number of oxazole rings is 2. The van der Waals surface area contributed by atoms with Crippen LogP contribution >= 0.6 is 24.4 Å². The average molecular weight is 486 g/mol. The van der Waals surface area contributed by atoms with Crippen molar-refractivity contribution in [2.45, 2.75) is 19.8 Å². The van der Waals surface area contributed by atoms with Crippen LogP contribution in [0.5, 0.6) is 0 Å². The van der Waals surface area contributed by atoms with Crippen LogP contribution in [-0.4, -0.2) is 46.3 Å². The monoisotopic (exact) mass is 485 g/mol. The topological polar surface area (TPSA) is 119 Å². The summed E-state index contributed by atoms with van der Waals surface area (Å²) >= 11 is 9.95. The lowest BCUT2D eigenvalue weighted by molar-refractivity contribution is -0.116. The molecule has 0 saturated heterocycles. The highest BCUT2D eigenvalue weighted by atomic mass is 32.1. The molecule has 0 atom stereocenters. The van der Waals surface area contributed by atoms with Crippen LogP contribution in [0.25, 0.3) is 22.2 Å². The van der Waals surface area contributed by atoms with Gasteiger partial charge in [0.15, 0.2) is 11.2 Å². The van der Waals surface area contributed by atoms with Crippen LogP contribution in [0.1, 0.15) is 19.8 Å². The van der Waals surface area contributed by atoms with Gasteiger partial charge < -0.3 is 34.3 Å². The van der Waals surface area contributed by atoms with E-state index < -0.39 is 0 Å². The third-order valence-electron chi connectivity index (χ3n) is 5.17. The lowest BCUT2D eigenvalue weighted by Crippen LogP contribution is -2.31. The molecule has 0 saturated carbocycles. The molecule has 4 aromatic rings. The van der Waals surface area contributed by atoms with Crippen molar-refractivity contribution in [3.05, 3.63) is 46.1 Å². The Labute approximate surface area is 199 Å². The van der Waals surface area contributed by atoms with Crippen molar-refractivity contribution < 1.29 is 18.4 Å². The summed E-state index contributed by atoms with van der Waals surface area (Å²) in [5.41, 5.74) is 4.02. The number of hydrogen-bond donors (Lipinski definition) is 4. The number of benzene rings is 2. The molecule has 4 rings (SSSR count). The van der Waals surface area contributed by atoms with Crippen molar-refractivity contribution in [2.24, 2.45) is 0 Å². The van der Waals surface area contributed by atoms with Gasteiger partial charge in [-0.05, 0) is 55.2 Å². The molecule has 0 aliphatic heterocycles. The maximum Gasteiger partial charge on any atom is 0.266 e. The summed E-state index contributed by atoms with van der Waals surface area (Å²) in [7, 11) is 0. The van der Waals surface area contributed by atoms with Gasteiger partial charge in [0, 0.05) is 49.4 Å². The molecule has 2 aromatic heterocycles. The second-order valence-corrected chi connectivity index (χ2v) is 8.22. The lowest BCUT2D eigenvalue weighted by atomic mass is 10.2. The Balaban J connectivity index is 1.23. The Hall–Kier alpha value is -3.28. The van der Waals surface area contributed by atoms with Crippen LogP contribution in [0.15, 0.2) is 45.2 Å². The number of carbonyl (C=O) groups is 2. The fourth-order valence-corrected chi connectivity index (χ4v) is 3.84. The summed E-state index contributed by atoms with van der Waals surface area (Å²) < 4.78 is 10.8. The summed E-state index contributed by atoms with van der Waals surface area (Å²) in [6, 6.07) is 10.6. The van der Waals surface area contributed by atoms with Crippen molar-refractivity contribution in [3.8, 4) is 0 Å². The number of amides is 2. The van der Waals surface area contributed by atoms with E-state index in [0.717, 1.165) is 17.6 Å². The highest BCUT2D eigenvalue weighted by Crippen LogP contribution is 2.20. The molecular formula is C22H23N5O4S2. The molecular weight excluding hydrogens is 462 g/mol. The molecule has 172 valence electrons. The Morgan fingerprint density at radius 1 is 0.848 bits per heavy atom. The fourth-order valence-electron chi connectivity index (χ4n) is 3.44. The third kappa shape index (κ3) is 5.95. The summed E-state index contributed by atoms with van der Waals surface area (Å²) in [6.45, 7) is 3.81. The van der Waals surface area contributed by atoms with Gasteiger partial charge in [-0.1, -0.05) is 6.92 Å². The van der Waals surface area contributed by atoms with E-state index in [1.54, 1.807) is 36.4 Å². The first-order valence-corrected chi connectivity index (χ1v) is 11.3. The Bertz CT molecular complexity index is 1310. The summed E-state index contributed by atoms with van der Waals surface area (Å²) in [6.07, 6.45) is 0.609. The molecule has 0 spiro atoms. The van der Waals surface area contributed by atoms with E-state index in [2.05, 4.69) is 25.5 Å². The zero-order chi connectivity index (χ0) is 23.4. The second-order valence-electron chi connectivity index (χ2n) is 7.48. The zero-order valence-corrected chi connectivity index (χ0v) is 19.5. The highest BCUT2D eigenvalue weighted by molar-refractivity contribution is 7.71. The molecule has 2 aromatic carbocycles. The lowest BCUT2D eigenvalue weighted by Gasteiger charge is -2.19. The predicted molar refractivity (Wildman–Crippen MR) is 131 cm³/mol. The molecule has 33 heavy (non-hydrogen) atoms. The van der Waals surface area contributed by atoms with Gasteiger partial charge in [-0.2, -0.15) is 0 Å². The van der Waals surface area contributed by atoms with E-state index in [0.29, 0.717) is 58.1 Å². The van der Waals surface area contributed by atoms with Crippen LogP contribution in [0.4, 0.5) is 11.4 Å². The molecule has 2 amide bonds. The number of carbonyl (C=O) groups excluding carboxylic acids is 2. The van der Waals surface area contributed by atoms with E-state index >= 15 is 0 Å². The highest BCUT2D eigenvalue weighted by Gasteiger charge is 2.11. The molecule has 11 heteroatoms. The van der Waals surface area contributed by atoms with E-state index in [-0.39, 0.29) is 11.8 Å². The van der Waals surface area contributed by atoms with Crippen LogP contribution < -0.4 is 10.6 Å². The van der Waals surface area contributed by atoms with Crippen LogP contribution in [0.3, 0.4) is 0 Å². The molecule has 0 fully saturated rings. The summed E-state index contributed by atoms with van der Waals surface area (Å²) in [5.74, 6) is -0.230. The first-order valence-electron chi connectivity index (χ1n) is 10.5. The standard InChI is InChI=1S/C22H23N5O4S2/c1-2-27(9-7-19(28)23-13-3-5-15-17(11-13)30-21(32)25-15)10-8-20(29)24-14-4-6-16-18(12-14)31-22(33)26-16/h3-6,11-12H,2,7-10H2,1H3,(H,23,28)(H,24,29)(H,25,32)(H,26,33). The maximum atomic E-state index is 12.4. The van der Waals surface area contributed by atoms with E-state index in [4.69, 9.17) is 33.3 Å². The minimum absolute atomic E-state index is 0.115. The van der Waals surface area contributed by atoms with Gasteiger partial charge >= 0.3 is 0 Å². The number of hydrogen-bond acceptors (Lipinski definition) is 7. The van der Waals surface area contributed by atoms with Crippen molar-refractivity contribution in [1.29, 1.82) is 0 Å². The normalized spacial score (nSPS) is 11.3. The third-order valence-corrected chi connectivity index (χ3v) is 5.54. The summed E-state index contributed by atoms with van der Waals surface area (Å²) in [5, 5.41) is 5.73. The summed E-state index contributed by atoms with van der Waals surface area (Å²) in [4.78, 5) is 33.2. The van der Waals surface area contributed by atoms with Crippen LogP contribution in [0, 0.1) is 9.67 Å². The zero-order valence-electron chi connectivity index (χ0n) is 17.9. The maximum absolute atomic E-state index is 12.4. The van der Waals surface area contributed by atoms with Gasteiger partial charge in [0.05, 0.1) is 11.0 Å². The quantitative estimate of drug-likeness (QED) is 0.247. The molecule has 0 unspecified atom stereocenters. The molecule has 0 aliphatic rings. The predicted octanol–water partition coefficient (Wildman–Crippen LogP) is 4.97. The minimum Gasteiger partial charge on any atom is -0.429 e. The number of rotatable bonds is 9. The number of aromatic amines is 2. The van der Waals surface area contributed by atoms with E-state index in [1.165, 1.54) is 0 Å². The van der Waals surface area contributed by atoms with Crippen molar-refractivity contribution in [1.82, 2.24) is 14.9 Å². The van der Waals surface area contributed by atoms with Crippen molar-refractivity contribution >= 4 is 69.8 Å². The van der Waals surface area contributed by atoms with Crippen LogP contribution in [-0.2, 0) is 9.59 Å². The number of H-pyrrole nitrogens is 2. The number of fused-ring (bicyclic) bond motifs is 2. The Kier molecular flexibility index (Phi) is 7.02. The fraction of sp³-hybridized carbons (Fsp3) is 0.273. The Morgan fingerprint density at radius 3 is 1.73 bits per heavy atom. The molecule has 2 heterocycles. The number of nitrogens with zero attached hydrogens (tertiary/aromatic N) is 1. The molecule has 4 N–H and O–H groups in total. The molecule has 0 radical (unpaired) electrons. The first kappa shape index (κ1) is 22.9. The smallest absolute Gasteiger partial charge is 0.266 e. The van der Waals surface area contributed by atoms with E-state index in [9.17, 15) is 9.59 Å². The molecule has 9 nitrogen and oxygen atoms in total. The van der Waals surface area contributed by atoms with E-state index in [1.807, 2.05) is 6.92 Å². The van der Waals surface area contributed by atoms with Crippen molar-refractivity contribution in [2.75, 3.05) is 30.3 Å².